The molecule has 1 fully saturated rings. The molecule has 4 nitrogen and oxygen atoms in total. The maximum absolute atomic E-state index is 12.8. The van der Waals surface area contributed by atoms with E-state index in [1.807, 2.05) is 85.8 Å². The van der Waals surface area contributed by atoms with Crippen LogP contribution in [0.4, 0.5) is 5.69 Å². The molecule has 0 spiro atoms. The number of carbonyl (C=O) groups excluding carboxylic acids is 1. The number of benzene rings is 3. The van der Waals surface area contributed by atoms with Crippen molar-refractivity contribution in [3.8, 4) is 11.8 Å². The van der Waals surface area contributed by atoms with Crippen LogP contribution in [0.25, 0.3) is 0 Å². The number of ether oxygens (including phenoxy) is 1. The molecule has 0 aliphatic carbocycles. The Labute approximate surface area is 171 Å². The summed E-state index contributed by atoms with van der Waals surface area (Å²) >= 11 is 0. The van der Waals surface area contributed by atoms with Gasteiger partial charge >= 0.3 is 0 Å². The molecule has 1 unspecified atom stereocenters. The van der Waals surface area contributed by atoms with Crippen molar-refractivity contribution in [2.45, 2.75) is 31.9 Å². The Morgan fingerprint density at radius 3 is 2.41 bits per heavy atom. The zero-order valence-corrected chi connectivity index (χ0v) is 16.3. The van der Waals surface area contributed by atoms with Crippen LogP contribution in [0.2, 0.25) is 0 Å². The Morgan fingerprint density at radius 1 is 1.00 bits per heavy atom. The fourth-order valence-electron chi connectivity index (χ4n) is 3.87. The molecule has 1 atom stereocenters. The predicted molar refractivity (Wildman–Crippen MR) is 112 cm³/mol. The van der Waals surface area contributed by atoms with Crippen LogP contribution >= 0.6 is 0 Å². The van der Waals surface area contributed by atoms with Crippen LogP contribution in [-0.4, -0.2) is 5.91 Å². The molecular formula is C25H22N2O2. The van der Waals surface area contributed by atoms with E-state index in [1.165, 1.54) is 0 Å². The summed E-state index contributed by atoms with van der Waals surface area (Å²) in [6.45, 7) is 2.40. The van der Waals surface area contributed by atoms with Crippen LogP contribution in [0.1, 0.15) is 29.5 Å². The molecule has 1 saturated heterocycles. The Kier molecular flexibility index (Phi) is 5.05. The lowest BCUT2D eigenvalue weighted by molar-refractivity contribution is -0.117. The molecule has 1 aliphatic heterocycles. The largest absolute Gasteiger partial charge is 0.488 e. The van der Waals surface area contributed by atoms with Crippen LogP contribution in [0.15, 0.2) is 78.9 Å². The van der Waals surface area contributed by atoms with Crippen molar-refractivity contribution in [3.63, 3.8) is 0 Å². The molecular weight excluding hydrogens is 360 g/mol. The van der Waals surface area contributed by atoms with Gasteiger partial charge in [0.15, 0.2) is 5.54 Å². The number of para-hydroxylation sites is 1. The average molecular weight is 382 g/mol. The molecule has 0 aromatic heterocycles. The molecule has 0 bridgehead atoms. The fourth-order valence-corrected chi connectivity index (χ4v) is 3.87. The molecule has 3 aromatic rings. The monoisotopic (exact) mass is 382 g/mol. The van der Waals surface area contributed by atoms with Crippen molar-refractivity contribution in [2.75, 3.05) is 4.90 Å². The maximum Gasteiger partial charge on any atom is 0.228 e. The Bertz CT molecular complexity index is 1050. The van der Waals surface area contributed by atoms with Gasteiger partial charge in [-0.15, -0.1) is 0 Å². The molecule has 0 saturated carbocycles. The normalized spacial score (nSPS) is 18.5. The highest BCUT2D eigenvalue weighted by Crippen LogP contribution is 2.45. The third kappa shape index (κ3) is 3.48. The van der Waals surface area contributed by atoms with E-state index in [1.54, 1.807) is 4.90 Å². The van der Waals surface area contributed by atoms with Gasteiger partial charge in [0.2, 0.25) is 5.91 Å². The molecule has 1 heterocycles. The first-order chi connectivity index (χ1) is 14.1. The lowest BCUT2D eigenvalue weighted by atomic mass is 9.87. The zero-order chi connectivity index (χ0) is 20.3. The first-order valence-corrected chi connectivity index (χ1v) is 9.71. The van der Waals surface area contributed by atoms with Crippen LogP contribution in [0, 0.1) is 18.3 Å². The number of anilines is 1. The third-order valence-corrected chi connectivity index (χ3v) is 5.38. The van der Waals surface area contributed by atoms with E-state index in [-0.39, 0.29) is 5.91 Å². The van der Waals surface area contributed by atoms with Crippen molar-refractivity contribution < 1.29 is 9.53 Å². The highest BCUT2D eigenvalue weighted by atomic mass is 16.5. The number of nitrogens with zero attached hydrogens (tertiary/aromatic N) is 2. The van der Waals surface area contributed by atoms with E-state index in [4.69, 9.17) is 4.74 Å². The number of rotatable bonds is 5. The van der Waals surface area contributed by atoms with E-state index in [0.717, 1.165) is 22.4 Å². The lowest BCUT2D eigenvalue weighted by Gasteiger charge is -2.34. The van der Waals surface area contributed by atoms with Gasteiger partial charge in [-0.2, -0.15) is 5.26 Å². The predicted octanol–water partition coefficient (Wildman–Crippen LogP) is 5.12. The summed E-state index contributed by atoms with van der Waals surface area (Å²) in [4.78, 5) is 14.5. The SMILES string of the molecule is Cc1ccc(N2C(=O)CCC2(C#N)c2ccccc2OCc2ccccc2)cc1. The number of amides is 1. The first-order valence-electron chi connectivity index (χ1n) is 9.71. The standard InChI is InChI=1S/C25H22N2O2/c1-19-11-13-21(14-12-19)27-24(28)15-16-25(27,18-26)22-9-5-6-10-23(22)29-17-20-7-3-2-4-8-20/h2-14H,15-17H2,1H3. The number of aryl methyl sites for hydroxylation is 1. The summed E-state index contributed by atoms with van der Waals surface area (Å²) in [5.41, 5.74) is 2.53. The van der Waals surface area contributed by atoms with Crippen LogP contribution in [0.3, 0.4) is 0 Å². The topological polar surface area (TPSA) is 53.3 Å². The molecule has 0 radical (unpaired) electrons. The summed E-state index contributed by atoms with van der Waals surface area (Å²) in [5.74, 6) is 0.581. The Morgan fingerprint density at radius 2 is 1.69 bits per heavy atom. The number of nitriles is 1. The zero-order valence-electron chi connectivity index (χ0n) is 16.3. The summed E-state index contributed by atoms with van der Waals surface area (Å²) < 4.78 is 6.11. The molecule has 0 N–H and O–H groups in total. The van der Waals surface area contributed by atoms with Crippen molar-refractivity contribution in [3.05, 3.63) is 95.6 Å². The summed E-state index contributed by atoms with van der Waals surface area (Å²) in [6.07, 6.45) is 0.760. The van der Waals surface area contributed by atoms with Gasteiger partial charge in [0.25, 0.3) is 0 Å². The molecule has 1 aliphatic rings. The quantitative estimate of drug-likeness (QED) is 0.615. The van der Waals surface area contributed by atoms with Gasteiger partial charge in [0.1, 0.15) is 12.4 Å². The van der Waals surface area contributed by atoms with E-state index < -0.39 is 5.54 Å². The third-order valence-electron chi connectivity index (χ3n) is 5.38. The highest BCUT2D eigenvalue weighted by molar-refractivity contribution is 5.98. The second-order valence-corrected chi connectivity index (χ2v) is 7.31. The highest BCUT2D eigenvalue weighted by Gasteiger charge is 2.49. The van der Waals surface area contributed by atoms with Crippen LogP contribution < -0.4 is 9.64 Å². The number of carbonyl (C=O) groups is 1. The van der Waals surface area contributed by atoms with Crippen molar-refractivity contribution in [1.82, 2.24) is 0 Å². The second kappa shape index (κ2) is 7.81. The van der Waals surface area contributed by atoms with Gasteiger partial charge in [-0.25, -0.2) is 0 Å². The number of hydrogen-bond donors (Lipinski definition) is 0. The smallest absolute Gasteiger partial charge is 0.228 e. The molecule has 144 valence electrons. The van der Waals surface area contributed by atoms with Gasteiger partial charge in [-0.1, -0.05) is 66.2 Å². The van der Waals surface area contributed by atoms with Crippen molar-refractivity contribution in [2.24, 2.45) is 0 Å². The minimum Gasteiger partial charge on any atom is -0.488 e. The van der Waals surface area contributed by atoms with Crippen molar-refractivity contribution >= 4 is 11.6 Å². The van der Waals surface area contributed by atoms with Gasteiger partial charge in [-0.05, 0) is 37.1 Å². The van der Waals surface area contributed by atoms with E-state index in [0.29, 0.717) is 25.2 Å². The Balaban J connectivity index is 1.74. The van der Waals surface area contributed by atoms with Crippen LogP contribution in [-0.2, 0) is 16.9 Å². The summed E-state index contributed by atoms with van der Waals surface area (Å²) in [6, 6.07) is 27.6. The second-order valence-electron chi connectivity index (χ2n) is 7.31. The molecule has 3 aromatic carbocycles. The van der Waals surface area contributed by atoms with Crippen LogP contribution in [0.5, 0.6) is 5.75 Å². The van der Waals surface area contributed by atoms with Gasteiger partial charge < -0.3 is 4.74 Å². The van der Waals surface area contributed by atoms with Gasteiger partial charge in [0, 0.05) is 17.7 Å². The minimum absolute atomic E-state index is 0.0479. The van der Waals surface area contributed by atoms with Crippen molar-refractivity contribution in [1.29, 1.82) is 5.26 Å². The fraction of sp³-hybridized carbons (Fsp3) is 0.200. The summed E-state index contributed by atoms with van der Waals surface area (Å²) in [7, 11) is 0. The average Bonchev–Trinajstić information content (AvgIpc) is 3.11. The van der Waals surface area contributed by atoms with Gasteiger partial charge in [0.05, 0.1) is 6.07 Å². The van der Waals surface area contributed by atoms with E-state index >= 15 is 0 Å². The Hall–Kier alpha value is -3.58. The maximum atomic E-state index is 12.8. The lowest BCUT2D eigenvalue weighted by Crippen LogP contribution is -2.42. The van der Waals surface area contributed by atoms with E-state index in [2.05, 4.69) is 6.07 Å². The van der Waals surface area contributed by atoms with Gasteiger partial charge in [-0.3, -0.25) is 9.69 Å². The molecule has 29 heavy (non-hydrogen) atoms. The molecule has 4 heteroatoms. The summed E-state index contributed by atoms with van der Waals surface area (Å²) in [5, 5.41) is 10.3. The molecule has 1 amide bonds. The molecule has 4 rings (SSSR count). The first kappa shape index (κ1) is 18.8. The van der Waals surface area contributed by atoms with E-state index in [9.17, 15) is 10.1 Å². The minimum atomic E-state index is -1.08. The number of hydrogen-bond acceptors (Lipinski definition) is 3.